The molecule has 0 amide bonds. The Hall–Kier alpha value is -0.910. The van der Waals surface area contributed by atoms with Crippen molar-refractivity contribution >= 4 is 0 Å². The Balaban J connectivity index is 2.36. The topological polar surface area (TPSA) is 50.5 Å². The van der Waals surface area contributed by atoms with E-state index in [1.165, 1.54) is 0 Å². The molecule has 1 rings (SSSR count). The van der Waals surface area contributed by atoms with Crippen LogP contribution in [0.15, 0.2) is 12.4 Å². The quantitative estimate of drug-likeness (QED) is 0.714. The first-order chi connectivity index (χ1) is 7.13. The smallest absolute Gasteiger partial charge is 0.122 e. The lowest BCUT2D eigenvalue weighted by molar-refractivity contribution is 0.0413. The van der Waals surface area contributed by atoms with Gasteiger partial charge in [0, 0.05) is 33.1 Å². The van der Waals surface area contributed by atoms with E-state index in [2.05, 4.69) is 4.98 Å². The average molecular weight is 213 g/mol. The lowest BCUT2D eigenvalue weighted by Crippen LogP contribution is -2.32. The van der Waals surface area contributed by atoms with Gasteiger partial charge in [-0.25, -0.2) is 4.98 Å². The summed E-state index contributed by atoms with van der Waals surface area (Å²) in [6.07, 6.45) is 3.24. The number of aryl methyl sites for hydroxylation is 1. The molecule has 0 aromatic carbocycles. The van der Waals surface area contributed by atoms with E-state index < -0.39 is 6.10 Å². The van der Waals surface area contributed by atoms with E-state index in [-0.39, 0.29) is 0 Å². The standard InChI is InChI=1S/C10H19N3O2/c1-12(6-9(14)8-15-3)7-10-11-4-5-13(10)2/h4-5,9,14H,6-8H2,1-3H3. The molecule has 15 heavy (non-hydrogen) atoms. The van der Waals surface area contributed by atoms with Crippen molar-refractivity contribution in [3.8, 4) is 0 Å². The van der Waals surface area contributed by atoms with Crippen molar-refractivity contribution in [2.45, 2.75) is 12.6 Å². The van der Waals surface area contributed by atoms with Gasteiger partial charge < -0.3 is 14.4 Å². The summed E-state index contributed by atoms with van der Waals surface area (Å²) >= 11 is 0. The molecule has 1 N–H and O–H groups in total. The monoisotopic (exact) mass is 213 g/mol. The molecule has 86 valence electrons. The molecule has 1 atom stereocenters. The summed E-state index contributed by atoms with van der Waals surface area (Å²) < 4.78 is 6.84. The highest BCUT2D eigenvalue weighted by Gasteiger charge is 2.09. The molecule has 0 radical (unpaired) electrons. The number of aliphatic hydroxyl groups excluding tert-OH is 1. The molecule has 1 aromatic rings. The zero-order chi connectivity index (χ0) is 11.3. The summed E-state index contributed by atoms with van der Waals surface area (Å²) in [5.74, 6) is 0.988. The van der Waals surface area contributed by atoms with Crippen molar-refractivity contribution in [1.29, 1.82) is 0 Å². The Labute approximate surface area is 90.3 Å². The molecule has 0 saturated heterocycles. The summed E-state index contributed by atoms with van der Waals surface area (Å²) in [5.41, 5.74) is 0. The summed E-state index contributed by atoms with van der Waals surface area (Å²) in [5, 5.41) is 9.52. The summed E-state index contributed by atoms with van der Waals surface area (Å²) in [4.78, 5) is 6.24. The van der Waals surface area contributed by atoms with E-state index in [4.69, 9.17) is 4.74 Å². The maximum absolute atomic E-state index is 9.52. The van der Waals surface area contributed by atoms with Crippen LogP contribution in [0.5, 0.6) is 0 Å². The first-order valence-electron chi connectivity index (χ1n) is 4.95. The summed E-state index contributed by atoms with van der Waals surface area (Å²) in [6.45, 7) is 1.68. The summed E-state index contributed by atoms with van der Waals surface area (Å²) in [6, 6.07) is 0. The Morgan fingerprint density at radius 1 is 1.67 bits per heavy atom. The number of aromatic nitrogens is 2. The number of aliphatic hydroxyl groups is 1. The van der Waals surface area contributed by atoms with Crippen molar-refractivity contribution in [2.75, 3.05) is 27.3 Å². The normalized spacial score (nSPS) is 13.4. The van der Waals surface area contributed by atoms with Crippen molar-refractivity contribution in [3.63, 3.8) is 0 Å². The van der Waals surface area contributed by atoms with E-state index in [0.717, 1.165) is 12.4 Å². The Kier molecular flexibility index (Phi) is 4.74. The zero-order valence-electron chi connectivity index (χ0n) is 9.55. The molecule has 1 unspecified atom stereocenters. The van der Waals surface area contributed by atoms with Crippen LogP contribution in [-0.4, -0.2) is 53.0 Å². The first kappa shape index (κ1) is 12.2. The molecule has 1 aromatic heterocycles. The van der Waals surface area contributed by atoms with E-state index in [9.17, 15) is 5.11 Å². The molecule has 0 saturated carbocycles. The molecule has 0 aliphatic heterocycles. The highest BCUT2D eigenvalue weighted by molar-refractivity contribution is 4.90. The second kappa shape index (κ2) is 5.85. The Bertz CT molecular complexity index is 288. The number of ether oxygens (including phenoxy) is 1. The van der Waals surface area contributed by atoms with Crippen LogP contribution in [-0.2, 0) is 18.3 Å². The van der Waals surface area contributed by atoms with Gasteiger partial charge >= 0.3 is 0 Å². The zero-order valence-corrected chi connectivity index (χ0v) is 9.55. The Morgan fingerprint density at radius 2 is 2.40 bits per heavy atom. The number of imidazole rings is 1. The fourth-order valence-electron chi connectivity index (χ4n) is 1.46. The maximum Gasteiger partial charge on any atom is 0.122 e. The lowest BCUT2D eigenvalue weighted by atomic mass is 10.3. The SMILES string of the molecule is COCC(O)CN(C)Cc1nccn1C. The molecular formula is C10H19N3O2. The number of methoxy groups -OCH3 is 1. The molecule has 0 bridgehead atoms. The van der Waals surface area contributed by atoms with Crippen LogP contribution in [0, 0.1) is 0 Å². The van der Waals surface area contributed by atoms with Gasteiger partial charge in [-0.15, -0.1) is 0 Å². The second-order valence-electron chi connectivity index (χ2n) is 3.76. The molecule has 0 spiro atoms. The van der Waals surface area contributed by atoms with Crippen molar-refractivity contribution < 1.29 is 9.84 Å². The molecule has 1 heterocycles. The second-order valence-corrected chi connectivity index (χ2v) is 3.76. The van der Waals surface area contributed by atoms with Crippen molar-refractivity contribution in [1.82, 2.24) is 14.5 Å². The third kappa shape index (κ3) is 3.99. The van der Waals surface area contributed by atoms with E-state index in [0.29, 0.717) is 13.2 Å². The van der Waals surface area contributed by atoms with Gasteiger partial charge in [0.05, 0.1) is 19.3 Å². The van der Waals surface area contributed by atoms with Gasteiger partial charge in [0.2, 0.25) is 0 Å². The van der Waals surface area contributed by atoms with Crippen LogP contribution in [0.25, 0.3) is 0 Å². The van der Waals surface area contributed by atoms with Crippen molar-refractivity contribution in [3.05, 3.63) is 18.2 Å². The molecule has 5 nitrogen and oxygen atoms in total. The maximum atomic E-state index is 9.52. The van der Waals surface area contributed by atoms with Crippen LogP contribution in [0.2, 0.25) is 0 Å². The number of hydrogen-bond acceptors (Lipinski definition) is 4. The van der Waals surface area contributed by atoms with Gasteiger partial charge in [-0.2, -0.15) is 0 Å². The highest BCUT2D eigenvalue weighted by Crippen LogP contribution is 2.00. The Morgan fingerprint density at radius 3 is 2.93 bits per heavy atom. The lowest BCUT2D eigenvalue weighted by Gasteiger charge is -2.19. The van der Waals surface area contributed by atoms with Gasteiger partial charge in [-0.1, -0.05) is 0 Å². The third-order valence-corrected chi connectivity index (χ3v) is 2.21. The molecular weight excluding hydrogens is 194 g/mol. The minimum atomic E-state index is -0.444. The van der Waals surface area contributed by atoms with Gasteiger partial charge in [0.25, 0.3) is 0 Å². The minimum Gasteiger partial charge on any atom is -0.389 e. The number of likely N-dealkylation sites (N-methyl/N-ethyl adjacent to an activating group) is 1. The van der Waals surface area contributed by atoms with Gasteiger partial charge in [-0.3, -0.25) is 4.90 Å². The number of hydrogen-bond donors (Lipinski definition) is 1. The predicted octanol–water partition coefficient (Wildman–Crippen LogP) is -0.141. The minimum absolute atomic E-state index is 0.366. The van der Waals surface area contributed by atoms with E-state index in [1.54, 1.807) is 13.3 Å². The molecule has 0 aliphatic rings. The van der Waals surface area contributed by atoms with E-state index >= 15 is 0 Å². The first-order valence-corrected chi connectivity index (χ1v) is 4.95. The van der Waals surface area contributed by atoms with Crippen LogP contribution in [0.4, 0.5) is 0 Å². The van der Waals surface area contributed by atoms with Crippen LogP contribution in [0.1, 0.15) is 5.82 Å². The van der Waals surface area contributed by atoms with Gasteiger partial charge in [0.15, 0.2) is 0 Å². The summed E-state index contributed by atoms with van der Waals surface area (Å²) in [7, 11) is 5.50. The van der Waals surface area contributed by atoms with Crippen LogP contribution >= 0.6 is 0 Å². The highest BCUT2D eigenvalue weighted by atomic mass is 16.5. The van der Waals surface area contributed by atoms with Gasteiger partial charge in [-0.05, 0) is 7.05 Å². The van der Waals surface area contributed by atoms with Gasteiger partial charge in [0.1, 0.15) is 5.82 Å². The van der Waals surface area contributed by atoms with Crippen LogP contribution in [0.3, 0.4) is 0 Å². The predicted molar refractivity (Wildman–Crippen MR) is 57.4 cm³/mol. The van der Waals surface area contributed by atoms with Crippen molar-refractivity contribution in [2.24, 2.45) is 7.05 Å². The number of rotatable bonds is 6. The third-order valence-electron chi connectivity index (χ3n) is 2.21. The van der Waals surface area contributed by atoms with Crippen LogP contribution < -0.4 is 0 Å². The molecule has 5 heteroatoms. The fraction of sp³-hybridized carbons (Fsp3) is 0.700. The average Bonchev–Trinajstić information content (AvgIpc) is 2.52. The fourth-order valence-corrected chi connectivity index (χ4v) is 1.46. The molecule has 0 aliphatic carbocycles. The largest absolute Gasteiger partial charge is 0.389 e. The van der Waals surface area contributed by atoms with E-state index in [1.807, 2.05) is 29.8 Å². The molecule has 0 fully saturated rings. The number of nitrogens with zero attached hydrogens (tertiary/aromatic N) is 3.